The van der Waals surface area contributed by atoms with Gasteiger partial charge in [0.1, 0.15) is 0 Å². The number of aromatic amines is 1. The number of H-pyrrole nitrogens is 1. The fraction of sp³-hybridized carbons (Fsp3) is 0.538. The predicted molar refractivity (Wildman–Crippen MR) is 83.4 cm³/mol. The van der Waals surface area contributed by atoms with Crippen molar-refractivity contribution in [3.05, 3.63) is 22.6 Å². The minimum Gasteiger partial charge on any atom is -0.329 e. The summed E-state index contributed by atoms with van der Waals surface area (Å²) in [6, 6.07) is 4.07. The lowest BCUT2D eigenvalue weighted by atomic mass is 10.3. The fourth-order valence-electron chi connectivity index (χ4n) is 2.40. The third kappa shape index (κ3) is 2.85. The second-order valence-electron chi connectivity index (χ2n) is 4.86. The van der Waals surface area contributed by atoms with E-state index in [1.54, 1.807) is 0 Å². The number of pyridine rings is 1. The molecular formula is C13H18N4S2. The molecule has 0 aliphatic carbocycles. The predicted octanol–water partition coefficient (Wildman–Crippen LogP) is 2.45. The van der Waals surface area contributed by atoms with Gasteiger partial charge < -0.3 is 9.55 Å². The van der Waals surface area contributed by atoms with Gasteiger partial charge in [-0.2, -0.15) is 11.8 Å². The average Bonchev–Trinajstić information content (AvgIpc) is 2.73. The van der Waals surface area contributed by atoms with Crippen LogP contribution in [0.15, 0.2) is 12.1 Å². The molecule has 1 fully saturated rings. The van der Waals surface area contributed by atoms with Crippen molar-refractivity contribution in [1.29, 1.82) is 0 Å². The van der Waals surface area contributed by atoms with E-state index < -0.39 is 0 Å². The van der Waals surface area contributed by atoms with E-state index in [2.05, 4.69) is 25.5 Å². The Hall–Kier alpha value is -0.850. The number of nitrogens with zero attached hydrogens (tertiary/aromatic N) is 3. The summed E-state index contributed by atoms with van der Waals surface area (Å²) in [6.07, 6.45) is 0. The molecule has 3 heterocycles. The molecule has 4 nitrogen and oxygen atoms in total. The first-order chi connectivity index (χ1) is 9.24. The SMILES string of the molecule is Cc1ccc2[nH]c(=S)n(CCN3CCSCC3)c2n1. The van der Waals surface area contributed by atoms with Gasteiger partial charge in [0.25, 0.3) is 0 Å². The molecule has 2 aromatic heterocycles. The normalized spacial score (nSPS) is 17.1. The van der Waals surface area contributed by atoms with E-state index in [4.69, 9.17) is 12.2 Å². The lowest BCUT2D eigenvalue weighted by Crippen LogP contribution is -2.35. The van der Waals surface area contributed by atoms with Gasteiger partial charge in [0.05, 0.1) is 5.52 Å². The van der Waals surface area contributed by atoms with Crippen LogP contribution in [-0.2, 0) is 6.54 Å². The van der Waals surface area contributed by atoms with Gasteiger partial charge in [-0.3, -0.25) is 4.90 Å². The maximum Gasteiger partial charge on any atom is 0.179 e. The highest BCUT2D eigenvalue weighted by Gasteiger charge is 2.12. The zero-order valence-corrected chi connectivity index (χ0v) is 12.7. The first-order valence-electron chi connectivity index (χ1n) is 6.60. The molecule has 0 spiro atoms. The average molecular weight is 294 g/mol. The van der Waals surface area contributed by atoms with Crippen molar-refractivity contribution in [1.82, 2.24) is 19.4 Å². The van der Waals surface area contributed by atoms with E-state index >= 15 is 0 Å². The summed E-state index contributed by atoms with van der Waals surface area (Å²) in [7, 11) is 0. The number of thioether (sulfide) groups is 1. The number of hydrogen-bond acceptors (Lipinski definition) is 4. The Morgan fingerprint density at radius 3 is 2.89 bits per heavy atom. The Labute approximate surface area is 122 Å². The number of fused-ring (bicyclic) bond motifs is 1. The van der Waals surface area contributed by atoms with Crippen LogP contribution in [0.2, 0.25) is 0 Å². The van der Waals surface area contributed by atoms with Crippen molar-refractivity contribution in [2.45, 2.75) is 13.5 Å². The second-order valence-corrected chi connectivity index (χ2v) is 6.47. The molecule has 19 heavy (non-hydrogen) atoms. The largest absolute Gasteiger partial charge is 0.329 e. The van der Waals surface area contributed by atoms with E-state index in [9.17, 15) is 0 Å². The van der Waals surface area contributed by atoms with E-state index in [0.29, 0.717) is 0 Å². The summed E-state index contributed by atoms with van der Waals surface area (Å²) in [4.78, 5) is 10.3. The summed E-state index contributed by atoms with van der Waals surface area (Å²) < 4.78 is 2.90. The van der Waals surface area contributed by atoms with Gasteiger partial charge in [-0.15, -0.1) is 0 Å². The molecule has 0 saturated carbocycles. The highest BCUT2D eigenvalue weighted by molar-refractivity contribution is 7.99. The minimum atomic E-state index is 0.777. The number of hydrogen-bond donors (Lipinski definition) is 1. The van der Waals surface area contributed by atoms with Gasteiger partial charge in [-0.1, -0.05) is 0 Å². The van der Waals surface area contributed by atoms with Crippen molar-refractivity contribution in [2.75, 3.05) is 31.1 Å². The van der Waals surface area contributed by atoms with E-state index in [1.807, 2.05) is 24.8 Å². The monoisotopic (exact) mass is 294 g/mol. The van der Waals surface area contributed by atoms with Crippen molar-refractivity contribution in [2.24, 2.45) is 0 Å². The molecule has 0 unspecified atom stereocenters. The first kappa shape index (κ1) is 13.1. The molecule has 0 radical (unpaired) electrons. The Bertz CT molecular complexity index is 625. The highest BCUT2D eigenvalue weighted by Crippen LogP contribution is 2.14. The number of aryl methyl sites for hydroxylation is 1. The van der Waals surface area contributed by atoms with Crippen LogP contribution >= 0.6 is 24.0 Å². The maximum atomic E-state index is 5.41. The Balaban J connectivity index is 1.81. The Kier molecular flexibility index (Phi) is 3.91. The molecule has 0 aromatic carbocycles. The molecule has 0 bridgehead atoms. The lowest BCUT2D eigenvalue weighted by molar-refractivity contribution is 0.290. The third-order valence-electron chi connectivity index (χ3n) is 3.50. The maximum absolute atomic E-state index is 5.41. The molecule has 1 aliphatic heterocycles. The van der Waals surface area contributed by atoms with Crippen LogP contribution in [0, 0.1) is 11.7 Å². The van der Waals surface area contributed by atoms with Crippen LogP contribution in [0.3, 0.4) is 0 Å². The smallest absolute Gasteiger partial charge is 0.179 e. The van der Waals surface area contributed by atoms with Gasteiger partial charge >= 0.3 is 0 Å². The lowest BCUT2D eigenvalue weighted by Gasteiger charge is -2.26. The molecule has 0 atom stereocenters. The minimum absolute atomic E-state index is 0.777. The number of rotatable bonds is 3. The topological polar surface area (TPSA) is 36.9 Å². The molecule has 0 amide bonds. The van der Waals surface area contributed by atoms with E-state index in [-0.39, 0.29) is 0 Å². The first-order valence-corrected chi connectivity index (χ1v) is 8.16. The summed E-state index contributed by atoms with van der Waals surface area (Å²) in [6.45, 7) is 6.36. The zero-order valence-electron chi connectivity index (χ0n) is 11.1. The Morgan fingerprint density at radius 2 is 2.11 bits per heavy atom. The van der Waals surface area contributed by atoms with Crippen molar-refractivity contribution in [3.63, 3.8) is 0 Å². The number of nitrogens with one attached hydrogen (secondary N) is 1. The van der Waals surface area contributed by atoms with Crippen LogP contribution in [0.1, 0.15) is 5.69 Å². The zero-order chi connectivity index (χ0) is 13.2. The summed E-state index contributed by atoms with van der Waals surface area (Å²) in [5, 5.41) is 0. The standard InChI is InChI=1S/C13H18N4S2/c1-10-2-3-11-12(14-10)17(13(18)15-11)5-4-16-6-8-19-9-7-16/h2-3H,4-9H2,1H3,(H,15,18). The molecule has 1 N–H and O–H groups in total. The van der Waals surface area contributed by atoms with Crippen molar-refractivity contribution >= 4 is 35.1 Å². The molecule has 1 aliphatic rings. The van der Waals surface area contributed by atoms with Gasteiger partial charge in [0.15, 0.2) is 10.4 Å². The van der Waals surface area contributed by atoms with Crippen molar-refractivity contribution in [3.8, 4) is 0 Å². The summed E-state index contributed by atoms with van der Waals surface area (Å²) >= 11 is 7.45. The molecule has 2 aromatic rings. The van der Waals surface area contributed by atoms with Crippen LogP contribution in [-0.4, -0.2) is 50.6 Å². The van der Waals surface area contributed by atoms with Crippen LogP contribution < -0.4 is 0 Å². The molecule has 3 rings (SSSR count). The van der Waals surface area contributed by atoms with Crippen LogP contribution in [0.4, 0.5) is 0 Å². The van der Waals surface area contributed by atoms with Crippen LogP contribution in [0.5, 0.6) is 0 Å². The molecule has 1 saturated heterocycles. The van der Waals surface area contributed by atoms with Crippen molar-refractivity contribution < 1.29 is 0 Å². The second kappa shape index (κ2) is 5.64. The highest BCUT2D eigenvalue weighted by atomic mass is 32.2. The van der Waals surface area contributed by atoms with Crippen LogP contribution in [0.25, 0.3) is 11.2 Å². The quantitative estimate of drug-likeness (QED) is 0.882. The summed E-state index contributed by atoms with van der Waals surface area (Å²) in [5.74, 6) is 2.49. The molecule has 6 heteroatoms. The van der Waals surface area contributed by atoms with Gasteiger partial charge in [-0.05, 0) is 31.3 Å². The van der Waals surface area contributed by atoms with E-state index in [0.717, 1.165) is 34.7 Å². The van der Waals surface area contributed by atoms with E-state index in [1.165, 1.54) is 24.6 Å². The fourth-order valence-corrected chi connectivity index (χ4v) is 3.67. The van der Waals surface area contributed by atoms with Gasteiger partial charge in [0.2, 0.25) is 0 Å². The number of imidazole rings is 1. The molecule has 102 valence electrons. The number of aromatic nitrogens is 3. The van der Waals surface area contributed by atoms with Gasteiger partial charge in [0, 0.05) is 43.4 Å². The Morgan fingerprint density at radius 1 is 1.32 bits per heavy atom. The van der Waals surface area contributed by atoms with Gasteiger partial charge in [-0.25, -0.2) is 4.98 Å². The molecular weight excluding hydrogens is 276 g/mol. The summed E-state index contributed by atoms with van der Waals surface area (Å²) in [5.41, 5.74) is 3.05. The third-order valence-corrected chi connectivity index (χ3v) is 4.77.